The number of carbonyl (C=O) groups excluding carboxylic acids is 2. The van der Waals surface area contributed by atoms with Gasteiger partial charge in [0, 0.05) is 45.2 Å². The lowest BCUT2D eigenvalue weighted by Crippen LogP contribution is -2.56. The molecule has 2 aliphatic rings. The fourth-order valence-corrected chi connectivity index (χ4v) is 5.39. The number of nitrogens with one attached hydrogen (secondary N) is 1. The summed E-state index contributed by atoms with van der Waals surface area (Å²) in [4.78, 5) is 31.4. The van der Waals surface area contributed by atoms with Crippen LogP contribution < -0.4 is 5.32 Å². The van der Waals surface area contributed by atoms with E-state index in [1.807, 2.05) is 15.9 Å². The highest BCUT2D eigenvalue weighted by molar-refractivity contribution is 5.80. The summed E-state index contributed by atoms with van der Waals surface area (Å²) >= 11 is 0. The molecule has 0 aromatic heterocycles. The van der Waals surface area contributed by atoms with Crippen LogP contribution in [0, 0.1) is 0 Å². The van der Waals surface area contributed by atoms with Gasteiger partial charge in [0.1, 0.15) is 0 Å². The molecule has 178 valence electrons. The van der Waals surface area contributed by atoms with Crippen LogP contribution in [0.25, 0.3) is 0 Å². The van der Waals surface area contributed by atoms with Crippen LogP contribution in [0.3, 0.4) is 0 Å². The summed E-state index contributed by atoms with van der Waals surface area (Å²) in [5.74, 6) is -0.143. The smallest absolute Gasteiger partial charge is 0.320 e. The van der Waals surface area contributed by atoms with Gasteiger partial charge < -0.3 is 25.0 Å². The predicted molar refractivity (Wildman–Crippen MR) is 123 cm³/mol. The minimum atomic E-state index is -0.231. The van der Waals surface area contributed by atoms with Crippen LogP contribution in [0.1, 0.15) is 37.7 Å². The van der Waals surface area contributed by atoms with E-state index in [2.05, 4.69) is 48.6 Å². The van der Waals surface area contributed by atoms with Gasteiger partial charge in [0.15, 0.2) is 0 Å². The van der Waals surface area contributed by atoms with Crippen molar-refractivity contribution >= 4 is 11.9 Å². The van der Waals surface area contributed by atoms with Gasteiger partial charge in [0.25, 0.3) is 0 Å². The maximum absolute atomic E-state index is 13.3. The van der Waals surface area contributed by atoms with E-state index in [-0.39, 0.29) is 42.6 Å². The van der Waals surface area contributed by atoms with Crippen molar-refractivity contribution in [3.63, 3.8) is 0 Å². The lowest BCUT2D eigenvalue weighted by molar-refractivity contribution is -0.121. The van der Waals surface area contributed by atoms with Gasteiger partial charge in [-0.25, -0.2) is 4.79 Å². The molecule has 2 N–H and O–H groups in total. The van der Waals surface area contributed by atoms with E-state index in [4.69, 9.17) is 9.84 Å². The number of urea groups is 1. The van der Waals surface area contributed by atoms with Crippen LogP contribution >= 0.6 is 0 Å². The minimum Gasteiger partial charge on any atom is -0.395 e. The molecule has 1 spiro atoms. The van der Waals surface area contributed by atoms with Crippen LogP contribution in [-0.2, 0) is 15.1 Å². The summed E-state index contributed by atoms with van der Waals surface area (Å²) in [6.07, 6.45) is 3.98. The summed E-state index contributed by atoms with van der Waals surface area (Å²) in [7, 11) is 5.94. The molecule has 1 saturated heterocycles. The van der Waals surface area contributed by atoms with Gasteiger partial charge in [-0.3, -0.25) is 9.69 Å². The number of carbonyl (C=O) groups is 2. The first-order chi connectivity index (χ1) is 15.4. The van der Waals surface area contributed by atoms with E-state index in [1.54, 1.807) is 7.11 Å². The predicted octanol–water partition coefficient (Wildman–Crippen LogP) is 1.64. The minimum absolute atomic E-state index is 0.00549. The molecule has 8 nitrogen and oxygen atoms in total. The van der Waals surface area contributed by atoms with E-state index >= 15 is 0 Å². The van der Waals surface area contributed by atoms with E-state index in [1.165, 1.54) is 5.56 Å². The highest BCUT2D eigenvalue weighted by atomic mass is 16.5. The van der Waals surface area contributed by atoms with Crippen LogP contribution in [0.2, 0.25) is 0 Å². The number of benzene rings is 1. The van der Waals surface area contributed by atoms with Crippen LogP contribution in [0.15, 0.2) is 30.3 Å². The second-order valence-corrected chi connectivity index (χ2v) is 9.19. The Kier molecular flexibility index (Phi) is 8.14. The normalized spacial score (nSPS) is 25.7. The highest BCUT2D eigenvalue weighted by Crippen LogP contribution is 2.48. The topological polar surface area (TPSA) is 85.3 Å². The Balaban J connectivity index is 1.75. The van der Waals surface area contributed by atoms with E-state index in [0.717, 1.165) is 25.7 Å². The second kappa shape index (κ2) is 10.6. The SMILES string of the molecule is COCCN1C(=O)N(CCC(=O)NCCO)C[C@]12CC[C@@](c1ccccc1)(N(C)C)CC2. The zero-order valence-corrected chi connectivity index (χ0v) is 19.7. The number of hydrogen-bond acceptors (Lipinski definition) is 5. The maximum Gasteiger partial charge on any atom is 0.320 e. The lowest BCUT2D eigenvalue weighted by atomic mass is 9.68. The zero-order valence-electron chi connectivity index (χ0n) is 19.7. The number of ether oxygens (including phenoxy) is 1. The average Bonchev–Trinajstić information content (AvgIpc) is 3.06. The summed E-state index contributed by atoms with van der Waals surface area (Å²) < 4.78 is 5.30. The van der Waals surface area contributed by atoms with Gasteiger partial charge in [0.2, 0.25) is 5.91 Å². The molecule has 0 radical (unpaired) electrons. The molecule has 2 fully saturated rings. The van der Waals surface area contributed by atoms with Crippen molar-refractivity contribution in [2.45, 2.75) is 43.2 Å². The average molecular weight is 447 g/mol. The van der Waals surface area contributed by atoms with Gasteiger partial charge >= 0.3 is 6.03 Å². The van der Waals surface area contributed by atoms with Crippen molar-refractivity contribution in [3.05, 3.63) is 35.9 Å². The first kappa shape index (κ1) is 24.5. The number of amides is 3. The number of hydrogen-bond donors (Lipinski definition) is 2. The first-order valence-corrected chi connectivity index (χ1v) is 11.5. The summed E-state index contributed by atoms with van der Waals surface area (Å²) in [6.45, 7) is 2.23. The van der Waals surface area contributed by atoms with E-state index in [0.29, 0.717) is 26.2 Å². The summed E-state index contributed by atoms with van der Waals surface area (Å²) in [5.41, 5.74) is 1.05. The molecule has 32 heavy (non-hydrogen) atoms. The maximum atomic E-state index is 13.3. The van der Waals surface area contributed by atoms with Crippen molar-refractivity contribution in [3.8, 4) is 0 Å². The summed E-state index contributed by atoms with van der Waals surface area (Å²) in [6, 6.07) is 10.6. The van der Waals surface area contributed by atoms with Gasteiger partial charge in [-0.15, -0.1) is 0 Å². The third-order valence-corrected chi connectivity index (χ3v) is 7.30. The monoisotopic (exact) mass is 446 g/mol. The van der Waals surface area contributed by atoms with Gasteiger partial charge in [-0.1, -0.05) is 30.3 Å². The van der Waals surface area contributed by atoms with Crippen LogP contribution in [0.4, 0.5) is 4.79 Å². The number of nitrogens with zero attached hydrogens (tertiary/aromatic N) is 3. The molecule has 0 atom stereocenters. The third kappa shape index (κ3) is 4.92. The molecule has 1 aliphatic carbocycles. The second-order valence-electron chi connectivity index (χ2n) is 9.19. The molecule has 1 saturated carbocycles. The van der Waals surface area contributed by atoms with Crippen molar-refractivity contribution in [1.82, 2.24) is 20.0 Å². The van der Waals surface area contributed by atoms with Crippen molar-refractivity contribution < 1.29 is 19.4 Å². The zero-order chi connectivity index (χ0) is 23.2. The molecule has 1 heterocycles. The Morgan fingerprint density at radius 1 is 1.16 bits per heavy atom. The van der Waals surface area contributed by atoms with Crippen LogP contribution in [0.5, 0.6) is 0 Å². The Morgan fingerprint density at radius 2 is 1.84 bits per heavy atom. The molecule has 1 aromatic rings. The van der Waals surface area contributed by atoms with E-state index < -0.39 is 0 Å². The Bertz CT molecular complexity index is 763. The number of methoxy groups -OCH3 is 1. The standard InChI is InChI=1S/C24H38N4O4/c1-26(2)24(20-7-5-4-6-8-20)12-10-23(11-13-24)19-27(15-9-21(30)25-14-17-29)22(31)28(23)16-18-32-3/h4-8,29H,9-19H2,1-3H3,(H,25,30)/t23-,24-. The van der Waals surface area contributed by atoms with E-state index in [9.17, 15) is 9.59 Å². The fourth-order valence-electron chi connectivity index (χ4n) is 5.39. The molecule has 8 heteroatoms. The van der Waals surface area contributed by atoms with Crippen molar-refractivity contribution in [2.75, 3.05) is 60.6 Å². The highest BCUT2D eigenvalue weighted by Gasteiger charge is 2.54. The number of aliphatic hydroxyl groups is 1. The first-order valence-electron chi connectivity index (χ1n) is 11.5. The van der Waals surface area contributed by atoms with Gasteiger partial charge in [0.05, 0.1) is 18.8 Å². The molecule has 1 aliphatic heterocycles. The number of aliphatic hydroxyl groups excluding tert-OH is 1. The summed E-state index contributed by atoms with van der Waals surface area (Å²) in [5, 5.41) is 11.5. The third-order valence-electron chi connectivity index (χ3n) is 7.30. The molecule has 3 rings (SSSR count). The Labute approximate surface area is 191 Å². The Morgan fingerprint density at radius 3 is 2.44 bits per heavy atom. The molecular weight excluding hydrogens is 408 g/mol. The largest absolute Gasteiger partial charge is 0.395 e. The number of rotatable bonds is 10. The van der Waals surface area contributed by atoms with Crippen molar-refractivity contribution in [2.24, 2.45) is 0 Å². The lowest BCUT2D eigenvalue weighted by Gasteiger charge is -2.51. The van der Waals surface area contributed by atoms with Gasteiger partial charge in [-0.2, -0.15) is 0 Å². The molecule has 0 unspecified atom stereocenters. The molecule has 0 bridgehead atoms. The van der Waals surface area contributed by atoms with Crippen molar-refractivity contribution in [1.29, 1.82) is 0 Å². The van der Waals surface area contributed by atoms with Crippen LogP contribution in [-0.4, -0.2) is 97.9 Å². The molecule has 1 aromatic carbocycles. The Hall–Kier alpha value is -2.16. The van der Waals surface area contributed by atoms with Gasteiger partial charge in [-0.05, 0) is 45.3 Å². The molecule has 3 amide bonds. The fraction of sp³-hybridized carbons (Fsp3) is 0.667. The quantitative estimate of drug-likeness (QED) is 0.571. The molecular formula is C24H38N4O4.